The molecular formula is C17H15BrN4O3S. The van der Waals surface area contributed by atoms with E-state index in [2.05, 4.69) is 20.9 Å². The topological polar surface area (TPSA) is 79.8 Å². The zero-order chi connectivity index (χ0) is 18.6. The zero-order valence-electron chi connectivity index (χ0n) is 14.0. The molecule has 0 aliphatic carbocycles. The van der Waals surface area contributed by atoms with Crippen molar-refractivity contribution in [2.75, 3.05) is 0 Å². The normalized spacial score (nSPS) is 21.2. The average molecular weight is 435 g/mol. The molecule has 0 spiro atoms. The Hall–Kier alpha value is -2.10. The Kier molecular flexibility index (Phi) is 3.98. The second kappa shape index (κ2) is 5.97. The van der Waals surface area contributed by atoms with E-state index in [0.717, 1.165) is 9.04 Å². The molecule has 2 aliphatic heterocycles. The number of hydrogen-bond donors (Lipinski definition) is 1. The average Bonchev–Trinajstić information content (AvgIpc) is 2.99. The number of aromatic nitrogens is 2. The van der Waals surface area contributed by atoms with Crippen molar-refractivity contribution in [3.63, 3.8) is 0 Å². The Balaban J connectivity index is 2.14. The summed E-state index contributed by atoms with van der Waals surface area (Å²) in [6.07, 6.45) is 1.82. The molecule has 0 radical (unpaired) electrons. The van der Waals surface area contributed by atoms with E-state index in [0.29, 0.717) is 16.4 Å². The first-order valence-electron chi connectivity index (χ1n) is 7.80. The fourth-order valence-electron chi connectivity index (χ4n) is 3.20. The van der Waals surface area contributed by atoms with Crippen molar-refractivity contribution in [3.05, 3.63) is 78.0 Å². The maximum Gasteiger partial charge on any atom is 0.330 e. The van der Waals surface area contributed by atoms with Gasteiger partial charge in [0.05, 0.1) is 17.8 Å². The number of amidine groups is 1. The van der Waals surface area contributed by atoms with Gasteiger partial charge in [0.2, 0.25) is 5.72 Å². The van der Waals surface area contributed by atoms with Gasteiger partial charge in [-0.3, -0.25) is 13.9 Å². The molecule has 1 unspecified atom stereocenters. The van der Waals surface area contributed by atoms with E-state index >= 15 is 0 Å². The van der Waals surface area contributed by atoms with Crippen molar-refractivity contribution in [3.8, 4) is 0 Å². The largest absolute Gasteiger partial charge is 0.362 e. The van der Waals surface area contributed by atoms with Crippen LogP contribution >= 0.6 is 27.7 Å². The van der Waals surface area contributed by atoms with E-state index in [1.807, 2.05) is 22.6 Å². The van der Waals surface area contributed by atoms with Gasteiger partial charge in [-0.15, -0.1) is 0 Å². The van der Waals surface area contributed by atoms with Crippen molar-refractivity contribution in [2.45, 2.75) is 12.3 Å². The molecule has 3 heterocycles. The highest BCUT2D eigenvalue weighted by atomic mass is 79.9. The Morgan fingerprint density at radius 1 is 1.27 bits per heavy atom. The lowest BCUT2D eigenvalue weighted by Gasteiger charge is -2.26. The van der Waals surface area contributed by atoms with Crippen LogP contribution in [0.15, 0.2) is 54.9 Å². The summed E-state index contributed by atoms with van der Waals surface area (Å²) in [7, 11) is 3.00. The minimum absolute atomic E-state index is 0.0936. The summed E-state index contributed by atoms with van der Waals surface area (Å²) in [6.45, 7) is 0.274. The number of thioether (sulfide) groups is 1. The van der Waals surface area contributed by atoms with Gasteiger partial charge in [0.1, 0.15) is 0 Å². The number of fused-ring (bicyclic) bond motifs is 2. The molecular weight excluding hydrogens is 420 g/mol. The summed E-state index contributed by atoms with van der Waals surface area (Å²) < 4.78 is 3.15. The maximum absolute atomic E-state index is 13.0. The number of hydrogen-bond acceptors (Lipinski definition) is 6. The molecule has 9 heteroatoms. The third kappa shape index (κ3) is 2.42. The minimum Gasteiger partial charge on any atom is -0.362 e. The van der Waals surface area contributed by atoms with Crippen LogP contribution < -0.4 is 11.2 Å². The smallest absolute Gasteiger partial charge is 0.330 e. The SMILES string of the molecule is Cn1c2c(c(=O)n(C)c1=O)C(O)(c1cccc(Br)c1)N=C1SC=CN1C2. The van der Waals surface area contributed by atoms with Crippen LogP contribution in [-0.2, 0) is 26.4 Å². The van der Waals surface area contributed by atoms with E-state index in [1.54, 1.807) is 25.2 Å². The number of aliphatic hydroxyl groups is 1. The van der Waals surface area contributed by atoms with Crippen molar-refractivity contribution >= 4 is 32.9 Å². The number of benzene rings is 1. The molecule has 4 rings (SSSR count). The molecule has 0 fully saturated rings. The van der Waals surface area contributed by atoms with E-state index in [4.69, 9.17) is 0 Å². The van der Waals surface area contributed by atoms with E-state index in [-0.39, 0.29) is 12.1 Å². The van der Waals surface area contributed by atoms with Crippen LogP contribution in [0.25, 0.3) is 0 Å². The van der Waals surface area contributed by atoms with E-state index < -0.39 is 17.0 Å². The van der Waals surface area contributed by atoms with Crippen LogP contribution in [0.2, 0.25) is 0 Å². The molecule has 0 saturated carbocycles. The molecule has 0 saturated heterocycles. The lowest BCUT2D eigenvalue weighted by Crippen LogP contribution is -2.46. The lowest BCUT2D eigenvalue weighted by atomic mass is 9.94. The van der Waals surface area contributed by atoms with Crippen molar-refractivity contribution < 1.29 is 5.11 Å². The van der Waals surface area contributed by atoms with Gasteiger partial charge in [0.15, 0.2) is 5.17 Å². The van der Waals surface area contributed by atoms with Gasteiger partial charge in [-0.25, -0.2) is 9.79 Å². The second-order valence-electron chi connectivity index (χ2n) is 6.14. The monoisotopic (exact) mass is 434 g/mol. The molecule has 0 bridgehead atoms. The van der Waals surface area contributed by atoms with Gasteiger partial charge in [-0.05, 0) is 17.5 Å². The van der Waals surface area contributed by atoms with Crippen molar-refractivity contribution in [1.82, 2.24) is 14.0 Å². The van der Waals surface area contributed by atoms with Crippen LogP contribution in [0.5, 0.6) is 0 Å². The number of halogens is 1. The Bertz CT molecular complexity index is 1100. The predicted octanol–water partition coefficient (Wildman–Crippen LogP) is 1.43. The number of rotatable bonds is 1. The summed E-state index contributed by atoms with van der Waals surface area (Å²) in [5, 5.41) is 14.1. The molecule has 7 nitrogen and oxygen atoms in total. The molecule has 134 valence electrons. The van der Waals surface area contributed by atoms with Gasteiger partial charge in [-0.1, -0.05) is 39.8 Å². The summed E-state index contributed by atoms with van der Waals surface area (Å²) in [5.41, 5.74) is -1.91. The van der Waals surface area contributed by atoms with Crippen LogP contribution in [0.3, 0.4) is 0 Å². The second-order valence-corrected chi connectivity index (χ2v) is 7.92. The number of nitrogens with zero attached hydrogens (tertiary/aromatic N) is 4. The summed E-state index contributed by atoms with van der Waals surface area (Å²) in [6, 6.07) is 7.04. The van der Waals surface area contributed by atoms with Gasteiger partial charge >= 0.3 is 5.69 Å². The molecule has 0 amide bonds. The first-order chi connectivity index (χ1) is 12.3. The number of aliphatic imine (C=N–C) groups is 1. The third-order valence-electron chi connectivity index (χ3n) is 4.60. The van der Waals surface area contributed by atoms with Gasteiger partial charge in [0, 0.05) is 30.3 Å². The molecule has 2 aromatic rings. The molecule has 26 heavy (non-hydrogen) atoms. The first-order valence-corrected chi connectivity index (χ1v) is 9.48. The van der Waals surface area contributed by atoms with Crippen LogP contribution in [0, 0.1) is 0 Å². The van der Waals surface area contributed by atoms with Crippen LogP contribution in [0.4, 0.5) is 0 Å². The van der Waals surface area contributed by atoms with Gasteiger partial charge in [0.25, 0.3) is 5.56 Å². The van der Waals surface area contributed by atoms with Crippen molar-refractivity contribution in [1.29, 1.82) is 0 Å². The molecule has 1 N–H and O–H groups in total. The summed E-state index contributed by atoms with van der Waals surface area (Å²) >= 11 is 4.76. The summed E-state index contributed by atoms with van der Waals surface area (Å²) in [5.74, 6) is 0. The maximum atomic E-state index is 13.0. The van der Waals surface area contributed by atoms with E-state index in [9.17, 15) is 14.7 Å². The highest BCUT2D eigenvalue weighted by Gasteiger charge is 2.42. The van der Waals surface area contributed by atoms with Gasteiger partial charge < -0.3 is 10.0 Å². The lowest BCUT2D eigenvalue weighted by molar-refractivity contribution is 0.0880. The minimum atomic E-state index is -1.90. The van der Waals surface area contributed by atoms with E-state index in [1.165, 1.54) is 23.4 Å². The fourth-order valence-corrected chi connectivity index (χ4v) is 4.37. The highest BCUT2D eigenvalue weighted by Crippen LogP contribution is 2.38. The zero-order valence-corrected chi connectivity index (χ0v) is 16.4. The predicted molar refractivity (Wildman–Crippen MR) is 104 cm³/mol. The molecule has 1 aromatic heterocycles. The fraction of sp³-hybridized carbons (Fsp3) is 0.235. The van der Waals surface area contributed by atoms with Crippen LogP contribution in [0.1, 0.15) is 16.8 Å². The molecule has 1 atom stereocenters. The van der Waals surface area contributed by atoms with Gasteiger partial charge in [-0.2, -0.15) is 0 Å². The Morgan fingerprint density at radius 2 is 2.04 bits per heavy atom. The first kappa shape index (κ1) is 17.3. The third-order valence-corrected chi connectivity index (χ3v) is 5.89. The Morgan fingerprint density at radius 3 is 2.77 bits per heavy atom. The van der Waals surface area contributed by atoms with Crippen molar-refractivity contribution in [2.24, 2.45) is 19.1 Å². The van der Waals surface area contributed by atoms with Crippen LogP contribution in [-0.4, -0.2) is 24.3 Å². The quantitative estimate of drug-likeness (QED) is 0.734. The molecule has 2 aliphatic rings. The Labute approximate surface area is 161 Å². The standard InChI is InChI=1S/C17H15BrN4O3S/c1-20-12-9-22-6-7-26-15(22)19-17(25,10-4-3-5-11(18)8-10)13(12)14(23)21(2)16(20)24/h3-8,25H,9H2,1-2H3. The molecule has 1 aromatic carbocycles. The summed E-state index contributed by atoms with van der Waals surface area (Å²) in [4.78, 5) is 31.8. The highest BCUT2D eigenvalue weighted by molar-refractivity contribution is 9.10.